The van der Waals surface area contributed by atoms with Crippen LogP contribution in [-0.2, 0) is 0 Å². The Bertz CT molecular complexity index is 1080. The number of ether oxygens (including phenoxy) is 1. The average molecular weight is 365 g/mol. The number of aromatic nitrogens is 3. The molecule has 2 heterocycles. The number of halogens is 1. The van der Waals surface area contributed by atoms with Crippen molar-refractivity contribution in [2.75, 3.05) is 13.4 Å². The van der Waals surface area contributed by atoms with Gasteiger partial charge in [-0.25, -0.2) is 14.4 Å². The molecule has 0 amide bonds. The Morgan fingerprint density at radius 2 is 1.92 bits per heavy atom. The third-order valence-corrected chi connectivity index (χ3v) is 4.94. The van der Waals surface area contributed by atoms with Crippen molar-refractivity contribution in [3.8, 4) is 28.3 Å². The maximum Gasteiger partial charge on any atom is 0.234 e. The van der Waals surface area contributed by atoms with Crippen molar-refractivity contribution in [1.29, 1.82) is 0 Å². The molecule has 2 aromatic heterocycles. The van der Waals surface area contributed by atoms with E-state index in [1.54, 1.807) is 36.2 Å². The van der Waals surface area contributed by atoms with Gasteiger partial charge in [0.1, 0.15) is 11.6 Å². The molecular formula is C20H16FN3OS. The van der Waals surface area contributed by atoms with Gasteiger partial charge in [-0.05, 0) is 36.6 Å². The van der Waals surface area contributed by atoms with Crippen LogP contribution in [0.25, 0.3) is 28.3 Å². The van der Waals surface area contributed by atoms with Gasteiger partial charge in [0.2, 0.25) is 5.78 Å². The molecule has 2 aromatic carbocycles. The SMILES string of the molecule is COc1ccc(-c2c(-c3ccc(SC)cc3)nc3ncccn23)c(F)c1. The molecule has 0 aliphatic carbocycles. The van der Waals surface area contributed by atoms with Crippen LogP contribution in [0.5, 0.6) is 5.75 Å². The highest BCUT2D eigenvalue weighted by molar-refractivity contribution is 7.98. The molecule has 0 fully saturated rings. The van der Waals surface area contributed by atoms with Gasteiger partial charge in [0.15, 0.2) is 0 Å². The minimum Gasteiger partial charge on any atom is -0.497 e. The standard InChI is InChI=1S/C20H16FN3OS/c1-25-14-6-9-16(17(21)12-14)19-18(13-4-7-15(26-2)8-5-13)23-20-22-10-3-11-24(19)20/h3-12H,1-2H3. The van der Waals surface area contributed by atoms with Crippen LogP contribution in [0.3, 0.4) is 0 Å². The summed E-state index contributed by atoms with van der Waals surface area (Å²) < 4.78 is 21.7. The lowest BCUT2D eigenvalue weighted by molar-refractivity contribution is 0.411. The number of methoxy groups -OCH3 is 1. The monoisotopic (exact) mass is 365 g/mol. The van der Waals surface area contributed by atoms with Crippen LogP contribution in [0.15, 0.2) is 65.8 Å². The van der Waals surface area contributed by atoms with Crippen LogP contribution >= 0.6 is 11.8 Å². The van der Waals surface area contributed by atoms with Crippen molar-refractivity contribution in [2.24, 2.45) is 0 Å². The molecule has 130 valence electrons. The molecular weight excluding hydrogens is 349 g/mol. The van der Waals surface area contributed by atoms with Crippen molar-refractivity contribution in [2.45, 2.75) is 4.90 Å². The lowest BCUT2D eigenvalue weighted by Gasteiger charge is -2.09. The molecule has 4 rings (SSSR count). The molecule has 0 unspecified atom stereocenters. The van der Waals surface area contributed by atoms with Gasteiger partial charge in [0, 0.05) is 34.5 Å². The van der Waals surface area contributed by atoms with E-state index >= 15 is 0 Å². The second-order valence-electron chi connectivity index (χ2n) is 5.67. The Hall–Kier alpha value is -2.86. The van der Waals surface area contributed by atoms with E-state index < -0.39 is 0 Å². The lowest BCUT2D eigenvalue weighted by atomic mass is 10.0. The molecule has 0 bridgehead atoms. The first-order valence-corrected chi connectivity index (χ1v) is 9.25. The molecule has 0 radical (unpaired) electrons. The summed E-state index contributed by atoms with van der Waals surface area (Å²) in [4.78, 5) is 10.1. The fourth-order valence-corrected chi connectivity index (χ4v) is 3.32. The summed E-state index contributed by atoms with van der Waals surface area (Å²) in [5.41, 5.74) is 2.74. The van der Waals surface area contributed by atoms with Gasteiger partial charge in [-0.2, -0.15) is 0 Å². The van der Waals surface area contributed by atoms with Crippen molar-refractivity contribution < 1.29 is 9.13 Å². The van der Waals surface area contributed by atoms with E-state index in [0.717, 1.165) is 10.5 Å². The predicted octanol–water partition coefficient (Wildman–Crippen LogP) is 4.93. The van der Waals surface area contributed by atoms with Gasteiger partial charge in [0.05, 0.1) is 18.5 Å². The summed E-state index contributed by atoms with van der Waals surface area (Å²) in [5.74, 6) is 0.641. The van der Waals surface area contributed by atoms with Gasteiger partial charge in [-0.3, -0.25) is 4.40 Å². The van der Waals surface area contributed by atoms with Crippen LogP contribution in [0.1, 0.15) is 0 Å². The third-order valence-electron chi connectivity index (χ3n) is 4.20. The van der Waals surface area contributed by atoms with Gasteiger partial charge in [0.25, 0.3) is 0 Å². The van der Waals surface area contributed by atoms with Crippen molar-refractivity contribution in [1.82, 2.24) is 14.4 Å². The van der Waals surface area contributed by atoms with Crippen LogP contribution in [0, 0.1) is 5.82 Å². The van der Waals surface area contributed by atoms with Gasteiger partial charge in [-0.1, -0.05) is 12.1 Å². The molecule has 4 aromatic rings. The van der Waals surface area contributed by atoms with Crippen molar-refractivity contribution >= 4 is 17.5 Å². The summed E-state index contributed by atoms with van der Waals surface area (Å²) in [7, 11) is 1.52. The Kier molecular flexibility index (Phi) is 4.34. The molecule has 6 heteroatoms. The Morgan fingerprint density at radius 1 is 1.12 bits per heavy atom. The minimum absolute atomic E-state index is 0.364. The second-order valence-corrected chi connectivity index (χ2v) is 6.55. The first-order valence-electron chi connectivity index (χ1n) is 8.02. The van der Waals surface area contributed by atoms with E-state index in [2.05, 4.69) is 9.97 Å². The number of hydrogen-bond donors (Lipinski definition) is 0. The number of fused-ring (bicyclic) bond motifs is 1. The van der Waals surface area contributed by atoms with Crippen molar-refractivity contribution in [3.05, 3.63) is 66.7 Å². The number of imidazole rings is 1. The first kappa shape index (κ1) is 16.6. The van der Waals surface area contributed by atoms with Crippen LogP contribution < -0.4 is 4.74 Å². The number of hydrogen-bond acceptors (Lipinski definition) is 4. The number of benzene rings is 2. The van der Waals surface area contributed by atoms with E-state index in [1.807, 2.05) is 41.1 Å². The molecule has 0 N–H and O–H groups in total. The topological polar surface area (TPSA) is 39.4 Å². The number of thioether (sulfide) groups is 1. The van der Waals surface area contributed by atoms with Crippen molar-refractivity contribution in [3.63, 3.8) is 0 Å². The Balaban J connectivity index is 1.97. The van der Waals surface area contributed by atoms with E-state index in [4.69, 9.17) is 4.74 Å². The fraction of sp³-hybridized carbons (Fsp3) is 0.100. The summed E-state index contributed by atoms with van der Waals surface area (Å²) in [6, 6.07) is 14.7. The fourth-order valence-electron chi connectivity index (χ4n) is 2.91. The smallest absolute Gasteiger partial charge is 0.234 e. The summed E-state index contributed by atoms with van der Waals surface area (Å²) >= 11 is 1.67. The van der Waals surface area contributed by atoms with E-state index in [1.165, 1.54) is 13.2 Å². The second kappa shape index (κ2) is 6.80. The highest BCUT2D eigenvalue weighted by Gasteiger charge is 2.19. The highest BCUT2D eigenvalue weighted by atomic mass is 32.2. The predicted molar refractivity (Wildman–Crippen MR) is 102 cm³/mol. The van der Waals surface area contributed by atoms with Crippen LogP contribution in [-0.4, -0.2) is 27.7 Å². The van der Waals surface area contributed by atoms with E-state index in [9.17, 15) is 4.39 Å². The maximum absolute atomic E-state index is 14.8. The van der Waals surface area contributed by atoms with Gasteiger partial charge < -0.3 is 4.74 Å². The molecule has 4 nitrogen and oxygen atoms in total. The normalized spacial score (nSPS) is 11.0. The molecule has 0 saturated heterocycles. The molecule has 0 aliphatic rings. The molecule has 26 heavy (non-hydrogen) atoms. The lowest BCUT2D eigenvalue weighted by Crippen LogP contribution is -1.94. The third kappa shape index (κ3) is 2.82. The minimum atomic E-state index is -0.364. The van der Waals surface area contributed by atoms with E-state index in [-0.39, 0.29) is 5.82 Å². The highest BCUT2D eigenvalue weighted by Crippen LogP contribution is 2.35. The van der Waals surface area contributed by atoms with Crippen LogP contribution in [0.4, 0.5) is 4.39 Å². The largest absolute Gasteiger partial charge is 0.497 e. The average Bonchev–Trinajstić information content (AvgIpc) is 3.07. The molecule has 0 aliphatic heterocycles. The van der Waals surface area contributed by atoms with E-state index in [0.29, 0.717) is 28.5 Å². The summed E-state index contributed by atoms with van der Waals surface area (Å²) in [6.07, 6.45) is 5.55. The first-order chi connectivity index (χ1) is 12.7. The maximum atomic E-state index is 14.8. The zero-order valence-electron chi connectivity index (χ0n) is 14.3. The van der Waals surface area contributed by atoms with Gasteiger partial charge >= 0.3 is 0 Å². The molecule has 0 saturated carbocycles. The summed E-state index contributed by atoms with van der Waals surface area (Å²) in [6.45, 7) is 0. The molecule has 0 spiro atoms. The zero-order valence-corrected chi connectivity index (χ0v) is 15.1. The number of nitrogens with zero attached hydrogens (tertiary/aromatic N) is 3. The Labute approximate surface area is 154 Å². The quantitative estimate of drug-likeness (QED) is 0.481. The number of rotatable bonds is 4. The van der Waals surface area contributed by atoms with Crippen LogP contribution in [0.2, 0.25) is 0 Å². The van der Waals surface area contributed by atoms with Gasteiger partial charge in [-0.15, -0.1) is 11.8 Å². The Morgan fingerprint density at radius 3 is 2.62 bits per heavy atom. The molecule has 0 atom stereocenters. The summed E-state index contributed by atoms with van der Waals surface area (Å²) in [5, 5.41) is 0. The zero-order chi connectivity index (χ0) is 18.1.